The summed E-state index contributed by atoms with van der Waals surface area (Å²) in [4.78, 5) is 27.0. The Labute approximate surface area is 195 Å². The highest BCUT2D eigenvalue weighted by molar-refractivity contribution is 6.51. The predicted molar refractivity (Wildman–Crippen MR) is 122 cm³/mol. The van der Waals surface area contributed by atoms with E-state index in [4.69, 9.17) is 9.15 Å². The van der Waals surface area contributed by atoms with Gasteiger partial charge in [0.15, 0.2) is 0 Å². The van der Waals surface area contributed by atoms with Gasteiger partial charge in [0, 0.05) is 11.6 Å². The molecule has 6 nitrogen and oxygen atoms in total. The van der Waals surface area contributed by atoms with Crippen LogP contribution in [0.25, 0.3) is 5.76 Å². The average Bonchev–Trinajstić information content (AvgIpc) is 3.30. The molecule has 2 aromatic carbocycles. The number of carbonyl (C=O) groups is 2. The Morgan fingerprint density at radius 1 is 1.06 bits per heavy atom. The predicted octanol–water partition coefficient (Wildman–Crippen LogP) is 5.59. The number of aliphatic hydroxyl groups is 1. The first-order chi connectivity index (χ1) is 16.1. The van der Waals surface area contributed by atoms with Crippen molar-refractivity contribution in [1.29, 1.82) is 0 Å². The van der Waals surface area contributed by atoms with Crippen LogP contribution in [-0.4, -0.2) is 22.9 Å². The van der Waals surface area contributed by atoms with Crippen molar-refractivity contribution >= 4 is 23.1 Å². The van der Waals surface area contributed by atoms with E-state index in [0.29, 0.717) is 23.1 Å². The highest BCUT2D eigenvalue weighted by atomic mass is 19.1. The zero-order valence-corrected chi connectivity index (χ0v) is 19.1. The molecule has 176 valence electrons. The number of nitrogens with zero attached hydrogens (tertiary/aromatic N) is 1. The van der Waals surface area contributed by atoms with Gasteiger partial charge in [0.1, 0.15) is 40.7 Å². The Morgan fingerprint density at radius 2 is 1.79 bits per heavy atom. The Hall–Kier alpha value is -3.94. The van der Waals surface area contributed by atoms with Crippen LogP contribution in [0, 0.1) is 25.5 Å². The molecule has 0 saturated carbocycles. The van der Waals surface area contributed by atoms with Gasteiger partial charge in [-0.05, 0) is 75.7 Å². The van der Waals surface area contributed by atoms with E-state index in [9.17, 15) is 23.5 Å². The molecule has 1 atom stereocenters. The summed E-state index contributed by atoms with van der Waals surface area (Å²) in [6.45, 7) is 7.22. The molecule has 34 heavy (non-hydrogen) atoms. The van der Waals surface area contributed by atoms with Gasteiger partial charge in [0.05, 0.1) is 17.4 Å². The van der Waals surface area contributed by atoms with E-state index < -0.39 is 35.1 Å². The molecule has 1 aliphatic rings. The Balaban J connectivity index is 1.90. The summed E-state index contributed by atoms with van der Waals surface area (Å²) in [7, 11) is 0. The molecule has 1 N–H and O–H groups in total. The molecule has 0 spiro atoms. The minimum absolute atomic E-state index is 0.0590. The van der Waals surface area contributed by atoms with E-state index in [2.05, 4.69) is 0 Å². The monoisotopic (exact) mass is 467 g/mol. The number of hydrogen-bond acceptors (Lipinski definition) is 5. The first kappa shape index (κ1) is 23.2. The van der Waals surface area contributed by atoms with Gasteiger partial charge in [-0.3, -0.25) is 14.5 Å². The van der Waals surface area contributed by atoms with Crippen LogP contribution in [0.2, 0.25) is 0 Å². The van der Waals surface area contributed by atoms with E-state index in [-0.39, 0.29) is 28.7 Å². The number of carbonyl (C=O) groups excluding carboxylic acids is 2. The molecular formula is C26H23F2NO5. The van der Waals surface area contributed by atoms with Crippen molar-refractivity contribution < 1.29 is 32.6 Å². The molecule has 0 aliphatic carbocycles. The van der Waals surface area contributed by atoms with E-state index in [1.165, 1.54) is 0 Å². The molecule has 0 radical (unpaired) electrons. The van der Waals surface area contributed by atoms with Crippen LogP contribution in [-0.2, 0) is 9.59 Å². The first-order valence-electron chi connectivity index (χ1n) is 10.7. The largest absolute Gasteiger partial charge is 0.507 e. The smallest absolute Gasteiger partial charge is 0.300 e. The van der Waals surface area contributed by atoms with E-state index in [1.54, 1.807) is 44.2 Å². The molecule has 2 heterocycles. The zero-order valence-electron chi connectivity index (χ0n) is 19.1. The van der Waals surface area contributed by atoms with Crippen LogP contribution in [0.4, 0.5) is 14.5 Å². The van der Waals surface area contributed by atoms with Crippen LogP contribution in [0.1, 0.15) is 42.5 Å². The Bertz CT molecular complexity index is 1320. The number of aryl methyl sites for hydroxylation is 2. The molecule has 1 fully saturated rings. The number of hydrogen-bond donors (Lipinski definition) is 1. The molecule has 4 rings (SSSR count). The minimum Gasteiger partial charge on any atom is -0.507 e. The van der Waals surface area contributed by atoms with Gasteiger partial charge in [-0.15, -0.1) is 0 Å². The molecule has 1 aromatic heterocycles. The lowest BCUT2D eigenvalue weighted by atomic mass is 9.98. The lowest BCUT2D eigenvalue weighted by Gasteiger charge is -2.24. The molecule has 3 aromatic rings. The molecular weight excluding hydrogens is 444 g/mol. The molecule has 1 saturated heterocycles. The third kappa shape index (κ3) is 4.07. The highest BCUT2D eigenvalue weighted by Crippen LogP contribution is 2.43. The number of furan rings is 1. The number of halogens is 2. The number of ketones is 1. The maximum absolute atomic E-state index is 14.7. The van der Waals surface area contributed by atoms with E-state index >= 15 is 0 Å². The van der Waals surface area contributed by atoms with Crippen molar-refractivity contribution in [3.8, 4) is 5.75 Å². The van der Waals surface area contributed by atoms with Gasteiger partial charge < -0.3 is 14.3 Å². The first-order valence-corrected chi connectivity index (χ1v) is 10.7. The lowest BCUT2D eigenvalue weighted by molar-refractivity contribution is -0.132. The second-order valence-electron chi connectivity index (χ2n) is 8.36. The van der Waals surface area contributed by atoms with Crippen molar-refractivity contribution in [2.45, 2.75) is 39.8 Å². The van der Waals surface area contributed by atoms with Gasteiger partial charge >= 0.3 is 0 Å². The van der Waals surface area contributed by atoms with Crippen molar-refractivity contribution in [3.05, 3.63) is 88.4 Å². The molecule has 0 bridgehead atoms. The van der Waals surface area contributed by atoms with Crippen LogP contribution in [0.15, 0.2) is 58.5 Å². The maximum atomic E-state index is 14.7. The number of amides is 1. The zero-order chi connectivity index (χ0) is 24.7. The summed E-state index contributed by atoms with van der Waals surface area (Å²) in [5.74, 6) is -3.13. The van der Waals surface area contributed by atoms with Gasteiger partial charge in [-0.2, -0.15) is 0 Å². The van der Waals surface area contributed by atoms with Crippen molar-refractivity contribution in [1.82, 2.24) is 0 Å². The van der Waals surface area contributed by atoms with E-state index in [0.717, 1.165) is 17.0 Å². The topological polar surface area (TPSA) is 80.0 Å². The molecule has 1 unspecified atom stereocenters. The highest BCUT2D eigenvalue weighted by Gasteiger charge is 2.49. The fourth-order valence-electron chi connectivity index (χ4n) is 3.97. The number of ether oxygens (including phenoxy) is 1. The SMILES string of the molecule is Cc1ccc(C2/C(=C(/O)c3ccc(OC(C)C)c(C)c3)C(=O)C(=O)N2c2ccc(F)cc2F)o1. The van der Waals surface area contributed by atoms with Crippen LogP contribution < -0.4 is 9.64 Å². The average molecular weight is 467 g/mol. The van der Waals surface area contributed by atoms with Gasteiger partial charge in [0.25, 0.3) is 11.7 Å². The third-order valence-corrected chi connectivity index (χ3v) is 5.46. The van der Waals surface area contributed by atoms with Gasteiger partial charge in [-0.25, -0.2) is 8.78 Å². The van der Waals surface area contributed by atoms with Crippen molar-refractivity contribution in [2.75, 3.05) is 4.90 Å². The van der Waals surface area contributed by atoms with Crippen LogP contribution in [0.3, 0.4) is 0 Å². The molecule has 8 heteroatoms. The van der Waals surface area contributed by atoms with Crippen LogP contribution in [0.5, 0.6) is 5.75 Å². The number of anilines is 1. The number of aliphatic hydroxyl groups excluding tert-OH is 1. The Morgan fingerprint density at radius 3 is 2.38 bits per heavy atom. The normalized spacial score (nSPS) is 17.6. The van der Waals surface area contributed by atoms with Crippen molar-refractivity contribution in [2.24, 2.45) is 0 Å². The summed E-state index contributed by atoms with van der Waals surface area (Å²) in [6.07, 6.45) is -0.0590. The fourth-order valence-corrected chi connectivity index (χ4v) is 3.97. The van der Waals surface area contributed by atoms with E-state index in [1.807, 2.05) is 13.8 Å². The third-order valence-electron chi connectivity index (χ3n) is 5.46. The standard InChI is InChI=1S/C26H23F2NO5/c1-13(2)33-20-10-6-16(11-14(20)3)24(30)22-23(21-9-5-15(4)34-21)29(26(32)25(22)31)19-8-7-17(27)12-18(19)28/h5-13,23,30H,1-4H3/b24-22-. The van der Waals surface area contributed by atoms with Crippen molar-refractivity contribution in [3.63, 3.8) is 0 Å². The summed E-state index contributed by atoms with van der Waals surface area (Å²) < 4.78 is 39.6. The van der Waals surface area contributed by atoms with Gasteiger partial charge in [0.2, 0.25) is 0 Å². The summed E-state index contributed by atoms with van der Waals surface area (Å²) >= 11 is 0. The summed E-state index contributed by atoms with van der Waals surface area (Å²) in [5, 5.41) is 11.2. The quantitative estimate of drug-likeness (QED) is 0.301. The summed E-state index contributed by atoms with van der Waals surface area (Å²) in [6, 6.07) is 9.44. The second kappa shape index (κ2) is 8.78. The van der Waals surface area contributed by atoms with Crippen LogP contribution >= 0.6 is 0 Å². The second-order valence-corrected chi connectivity index (χ2v) is 8.36. The Kier molecular flexibility index (Phi) is 6.00. The number of benzene rings is 2. The fraction of sp³-hybridized carbons (Fsp3) is 0.231. The van der Waals surface area contributed by atoms with Gasteiger partial charge in [-0.1, -0.05) is 0 Å². The molecule has 1 aliphatic heterocycles. The number of Topliss-reactive ketones (excluding diaryl/α,β-unsaturated/α-hetero) is 1. The molecule has 1 amide bonds. The summed E-state index contributed by atoms with van der Waals surface area (Å²) in [5.41, 5.74) is 0.417. The number of rotatable bonds is 5. The lowest BCUT2D eigenvalue weighted by Crippen LogP contribution is -2.30. The minimum atomic E-state index is -1.25. The maximum Gasteiger partial charge on any atom is 0.300 e.